The number of hydrogen-bond donors (Lipinski definition) is 2. The highest BCUT2D eigenvalue weighted by atomic mass is 32.2. The molecule has 1 unspecified atom stereocenters. The molecule has 0 bridgehead atoms. The normalized spacial score (nSPS) is 38.6. The van der Waals surface area contributed by atoms with Crippen LogP contribution >= 0.6 is 0 Å². The van der Waals surface area contributed by atoms with Crippen LogP contribution in [0.5, 0.6) is 0 Å². The second-order valence-electron chi connectivity index (χ2n) is 4.52. The van der Waals surface area contributed by atoms with E-state index in [0.717, 1.165) is 4.31 Å². The molecule has 0 aliphatic carbocycles. The van der Waals surface area contributed by atoms with E-state index in [0.29, 0.717) is 0 Å². The van der Waals surface area contributed by atoms with Gasteiger partial charge >= 0.3 is 0 Å². The van der Waals surface area contributed by atoms with Gasteiger partial charge in [-0.3, -0.25) is 0 Å². The Morgan fingerprint density at radius 1 is 1.12 bits per heavy atom. The number of β-amino-alcohol motifs (C(OH)–C–C–N with tert-alkyl or cyclic N) is 2. The van der Waals surface area contributed by atoms with Crippen LogP contribution in [0.1, 0.15) is 6.42 Å². The molecule has 0 saturated carbocycles. The van der Waals surface area contributed by atoms with Gasteiger partial charge in [-0.15, -0.1) is 0 Å². The second-order valence-corrected chi connectivity index (χ2v) is 8.96. The molecule has 2 heterocycles. The van der Waals surface area contributed by atoms with Crippen molar-refractivity contribution >= 4 is 19.9 Å². The maximum absolute atomic E-state index is 12.1. The van der Waals surface area contributed by atoms with Crippen molar-refractivity contribution in [3.8, 4) is 0 Å². The summed E-state index contributed by atoms with van der Waals surface area (Å²) in [5.41, 5.74) is 0. The largest absolute Gasteiger partial charge is 0.389 e. The highest BCUT2D eigenvalue weighted by Gasteiger charge is 2.44. The van der Waals surface area contributed by atoms with Crippen molar-refractivity contribution in [3.05, 3.63) is 0 Å². The van der Waals surface area contributed by atoms with Crippen LogP contribution in [0, 0.1) is 0 Å². The van der Waals surface area contributed by atoms with Gasteiger partial charge in [0.25, 0.3) is 0 Å². The molecule has 0 radical (unpaired) electrons. The number of aliphatic hydroxyl groups excluding tert-OH is 2. The van der Waals surface area contributed by atoms with Gasteiger partial charge < -0.3 is 10.2 Å². The first-order valence-electron chi connectivity index (χ1n) is 5.28. The Kier molecular flexibility index (Phi) is 3.24. The molecule has 100 valence electrons. The highest BCUT2D eigenvalue weighted by molar-refractivity contribution is 7.95. The Labute approximate surface area is 100 Å². The lowest BCUT2D eigenvalue weighted by Gasteiger charge is -2.19. The first-order chi connectivity index (χ1) is 7.72. The maximum Gasteiger partial charge on any atom is 0.218 e. The Hall–Kier alpha value is -0.220. The fraction of sp³-hybridized carbons (Fsp3) is 1.00. The van der Waals surface area contributed by atoms with Crippen LogP contribution in [0.2, 0.25) is 0 Å². The molecular weight excluding hydrogens is 270 g/mol. The van der Waals surface area contributed by atoms with Crippen LogP contribution in [0.15, 0.2) is 0 Å². The Morgan fingerprint density at radius 2 is 1.65 bits per heavy atom. The van der Waals surface area contributed by atoms with Crippen molar-refractivity contribution in [2.75, 3.05) is 24.6 Å². The minimum Gasteiger partial charge on any atom is -0.389 e. The van der Waals surface area contributed by atoms with E-state index >= 15 is 0 Å². The van der Waals surface area contributed by atoms with Gasteiger partial charge in [-0.1, -0.05) is 0 Å². The lowest BCUT2D eigenvalue weighted by molar-refractivity contribution is 0.0572. The lowest BCUT2D eigenvalue weighted by Crippen LogP contribution is -2.38. The summed E-state index contributed by atoms with van der Waals surface area (Å²) in [7, 11) is -7.01. The van der Waals surface area contributed by atoms with E-state index in [2.05, 4.69) is 0 Å². The third kappa shape index (κ3) is 2.48. The zero-order valence-corrected chi connectivity index (χ0v) is 10.7. The number of rotatable bonds is 2. The summed E-state index contributed by atoms with van der Waals surface area (Å²) < 4.78 is 47.6. The van der Waals surface area contributed by atoms with Gasteiger partial charge in [0.15, 0.2) is 9.84 Å². The molecule has 2 aliphatic heterocycles. The smallest absolute Gasteiger partial charge is 0.218 e. The Bertz CT molecular complexity index is 488. The highest BCUT2D eigenvalue weighted by Crippen LogP contribution is 2.25. The molecule has 2 rings (SSSR count). The molecule has 0 aromatic carbocycles. The monoisotopic (exact) mass is 285 g/mol. The molecule has 17 heavy (non-hydrogen) atoms. The first-order valence-corrected chi connectivity index (χ1v) is 8.60. The van der Waals surface area contributed by atoms with Crippen molar-refractivity contribution in [3.63, 3.8) is 0 Å². The predicted molar refractivity (Wildman–Crippen MR) is 59.6 cm³/mol. The van der Waals surface area contributed by atoms with Crippen LogP contribution in [0.25, 0.3) is 0 Å². The molecule has 0 spiro atoms. The number of sulfone groups is 1. The van der Waals surface area contributed by atoms with Gasteiger partial charge in [0.2, 0.25) is 10.0 Å². The van der Waals surface area contributed by atoms with Gasteiger partial charge in [-0.05, 0) is 6.42 Å². The molecular formula is C8H15NO6S2. The molecule has 0 amide bonds. The molecule has 2 fully saturated rings. The Morgan fingerprint density at radius 3 is 2.06 bits per heavy atom. The van der Waals surface area contributed by atoms with Crippen LogP contribution in [0.3, 0.4) is 0 Å². The van der Waals surface area contributed by atoms with Crippen molar-refractivity contribution in [1.82, 2.24) is 4.31 Å². The van der Waals surface area contributed by atoms with Crippen molar-refractivity contribution in [2.24, 2.45) is 0 Å². The summed E-state index contributed by atoms with van der Waals surface area (Å²) >= 11 is 0. The molecule has 2 saturated heterocycles. The van der Waals surface area contributed by atoms with Gasteiger partial charge in [0, 0.05) is 13.1 Å². The predicted octanol–water partition coefficient (Wildman–Crippen LogP) is -2.46. The fourth-order valence-electron chi connectivity index (χ4n) is 2.15. The lowest BCUT2D eigenvalue weighted by atomic mass is 10.3. The van der Waals surface area contributed by atoms with E-state index in [9.17, 15) is 27.0 Å². The van der Waals surface area contributed by atoms with E-state index in [1.807, 2.05) is 0 Å². The molecule has 0 aromatic heterocycles. The van der Waals surface area contributed by atoms with Gasteiger partial charge in [-0.25, -0.2) is 16.8 Å². The number of hydrogen-bond acceptors (Lipinski definition) is 6. The molecule has 3 atom stereocenters. The number of aliphatic hydroxyl groups is 2. The average molecular weight is 285 g/mol. The minimum absolute atomic E-state index is 0.0906. The summed E-state index contributed by atoms with van der Waals surface area (Å²) in [6, 6.07) is 0. The van der Waals surface area contributed by atoms with E-state index in [1.165, 1.54) is 0 Å². The zero-order chi connectivity index (χ0) is 12.8. The van der Waals surface area contributed by atoms with E-state index in [4.69, 9.17) is 0 Å². The second kappa shape index (κ2) is 4.16. The van der Waals surface area contributed by atoms with E-state index < -0.39 is 37.3 Å². The van der Waals surface area contributed by atoms with E-state index in [-0.39, 0.29) is 31.0 Å². The van der Waals surface area contributed by atoms with Crippen LogP contribution in [-0.2, 0) is 19.9 Å². The fourth-order valence-corrected chi connectivity index (χ4v) is 6.71. The van der Waals surface area contributed by atoms with Gasteiger partial charge in [0.05, 0.1) is 29.0 Å². The first kappa shape index (κ1) is 13.2. The van der Waals surface area contributed by atoms with Crippen LogP contribution in [-0.4, -0.2) is 73.4 Å². The Balaban J connectivity index is 2.16. The summed E-state index contributed by atoms with van der Waals surface area (Å²) in [4.78, 5) is 0. The molecule has 2 aliphatic rings. The van der Waals surface area contributed by atoms with E-state index in [1.54, 1.807) is 0 Å². The molecule has 9 heteroatoms. The summed E-state index contributed by atoms with van der Waals surface area (Å²) in [5.74, 6) is -0.478. The molecule has 2 N–H and O–H groups in total. The standard InChI is InChI=1S/C8H15NO6S2/c10-7-3-9(4-8(7)11)17(14,15)6-1-2-16(12,13)5-6/h6-8,10-11H,1-5H2/t6?,7-,8+. The van der Waals surface area contributed by atoms with Crippen molar-refractivity contribution in [1.29, 1.82) is 0 Å². The third-order valence-corrected chi connectivity index (χ3v) is 7.44. The van der Waals surface area contributed by atoms with Crippen molar-refractivity contribution < 1.29 is 27.0 Å². The average Bonchev–Trinajstić information content (AvgIpc) is 2.72. The summed E-state index contributed by atoms with van der Waals surface area (Å²) in [5, 5.41) is 17.7. The van der Waals surface area contributed by atoms with Crippen LogP contribution in [0.4, 0.5) is 0 Å². The maximum atomic E-state index is 12.1. The molecule has 0 aromatic rings. The quantitative estimate of drug-likeness (QED) is 0.582. The van der Waals surface area contributed by atoms with Gasteiger partial charge in [-0.2, -0.15) is 4.31 Å². The number of sulfonamides is 1. The zero-order valence-electron chi connectivity index (χ0n) is 9.06. The minimum atomic E-state index is -3.74. The molecule has 7 nitrogen and oxygen atoms in total. The summed E-state index contributed by atoms with van der Waals surface area (Å²) in [6.07, 6.45) is -2.10. The topological polar surface area (TPSA) is 112 Å². The number of nitrogens with zero attached hydrogens (tertiary/aromatic N) is 1. The third-order valence-electron chi connectivity index (χ3n) is 3.20. The van der Waals surface area contributed by atoms with Gasteiger partial charge in [0.1, 0.15) is 0 Å². The SMILES string of the molecule is O=S1(=O)CCC(S(=O)(=O)N2C[C@@H](O)[C@@H](O)C2)C1. The van der Waals surface area contributed by atoms with Crippen molar-refractivity contribution in [2.45, 2.75) is 23.9 Å². The summed E-state index contributed by atoms with van der Waals surface area (Å²) in [6.45, 7) is -0.333. The van der Waals surface area contributed by atoms with Crippen LogP contribution < -0.4 is 0 Å².